The van der Waals surface area contributed by atoms with Crippen molar-refractivity contribution < 1.29 is 34.4 Å². The lowest BCUT2D eigenvalue weighted by Gasteiger charge is -2.22. The fourth-order valence-corrected chi connectivity index (χ4v) is 5.20. The summed E-state index contributed by atoms with van der Waals surface area (Å²) in [6, 6.07) is 25.6. The maximum atomic E-state index is 13.4. The van der Waals surface area contributed by atoms with Gasteiger partial charge in [0.05, 0.1) is 0 Å². The second-order valence-corrected chi connectivity index (χ2v) is 10.2. The van der Waals surface area contributed by atoms with E-state index in [0.717, 1.165) is 22.3 Å². The van der Waals surface area contributed by atoms with Gasteiger partial charge in [0.25, 0.3) is 0 Å². The SMILES string of the molecule is O=C(N[C@@H](Cc1ccc(O)cc1)C(=O)N[C@@H](Cc1ccc(O)cc1)C(=O)O)OCC1c2ccccc2-c2ccccc21. The van der Waals surface area contributed by atoms with Gasteiger partial charge >= 0.3 is 12.1 Å². The van der Waals surface area contributed by atoms with Gasteiger partial charge in [-0.05, 0) is 57.6 Å². The van der Waals surface area contributed by atoms with E-state index in [4.69, 9.17) is 4.74 Å². The third kappa shape index (κ3) is 6.52. The summed E-state index contributed by atoms with van der Waals surface area (Å²) < 4.78 is 5.63. The highest BCUT2D eigenvalue weighted by Gasteiger charge is 2.31. The fraction of sp³-hybridized carbons (Fsp3) is 0.182. The first-order valence-electron chi connectivity index (χ1n) is 13.5. The summed E-state index contributed by atoms with van der Waals surface area (Å²) in [6.07, 6.45) is -0.818. The number of phenols is 2. The number of benzene rings is 4. The standard InChI is InChI=1S/C33H30N2O7/c36-22-13-9-20(10-14-22)17-29(31(38)34-30(32(39)40)18-21-11-15-23(37)16-12-21)35-33(41)42-19-28-26-7-3-1-5-24(26)25-6-2-4-8-27(25)28/h1-16,28-30,36-37H,17-19H2,(H,34,38)(H,35,41)(H,39,40)/t29-,30-/m0/s1. The smallest absolute Gasteiger partial charge is 0.407 e. The lowest BCUT2D eigenvalue weighted by molar-refractivity contribution is -0.142. The third-order valence-electron chi connectivity index (χ3n) is 7.32. The van der Waals surface area contributed by atoms with Gasteiger partial charge in [-0.25, -0.2) is 9.59 Å². The Bertz CT molecular complexity index is 1540. The zero-order valence-electron chi connectivity index (χ0n) is 22.6. The molecule has 1 aliphatic carbocycles. The largest absolute Gasteiger partial charge is 0.508 e. The Morgan fingerprint density at radius 1 is 0.667 bits per heavy atom. The molecule has 0 heterocycles. The third-order valence-corrected chi connectivity index (χ3v) is 7.32. The second-order valence-electron chi connectivity index (χ2n) is 10.2. The number of rotatable bonds is 10. The van der Waals surface area contributed by atoms with Gasteiger partial charge in [-0.1, -0.05) is 72.8 Å². The number of amides is 2. The van der Waals surface area contributed by atoms with Crippen LogP contribution >= 0.6 is 0 Å². The van der Waals surface area contributed by atoms with Crippen molar-refractivity contribution in [1.29, 1.82) is 0 Å². The summed E-state index contributed by atoms with van der Waals surface area (Å²) in [5.74, 6) is -2.04. The topological polar surface area (TPSA) is 145 Å². The summed E-state index contributed by atoms with van der Waals surface area (Å²) in [5.41, 5.74) is 5.49. The monoisotopic (exact) mass is 566 g/mol. The Hall–Kier alpha value is -5.31. The predicted molar refractivity (Wildman–Crippen MR) is 155 cm³/mol. The molecule has 0 spiro atoms. The minimum absolute atomic E-state index is 0.0295. The van der Waals surface area contributed by atoms with Crippen LogP contribution in [0.2, 0.25) is 0 Å². The lowest BCUT2D eigenvalue weighted by Crippen LogP contribution is -2.53. The zero-order valence-corrected chi connectivity index (χ0v) is 22.6. The Balaban J connectivity index is 1.29. The molecule has 42 heavy (non-hydrogen) atoms. The number of carbonyl (C=O) groups excluding carboxylic acids is 2. The highest BCUT2D eigenvalue weighted by molar-refractivity contribution is 5.89. The van der Waals surface area contributed by atoms with E-state index >= 15 is 0 Å². The highest BCUT2D eigenvalue weighted by Crippen LogP contribution is 2.44. The van der Waals surface area contributed by atoms with Crippen molar-refractivity contribution >= 4 is 18.0 Å². The van der Waals surface area contributed by atoms with E-state index in [1.54, 1.807) is 24.3 Å². The number of nitrogens with one attached hydrogen (secondary N) is 2. The minimum Gasteiger partial charge on any atom is -0.508 e. The minimum atomic E-state index is -1.28. The first-order chi connectivity index (χ1) is 20.3. The van der Waals surface area contributed by atoms with Crippen LogP contribution in [0.4, 0.5) is 4.79 Å². The van der Waals surface area contributed by atoms with Crippen molar-refractivity contribution in [3.8, 4) is 22.6 Å². The van der Waals surface area contributed by atoms with Gasteiger partial charge in [0.15, 0.2) is 0 Å². The summed E-state index contributed by atoms with van der Waals surface area (Å²) in [7, 11) is 0. The van der Waals surface area contributed by atoms with Crippen molar-refractivity contribution in [2.75, 3.05) is 6.61 Å². The molecule has 0 radical (unpaired) electrons. The molecule has 5 N–H and O–H groups in total. The van der Waals surface area contributed by atoms with Crippen molar-refractivity contribution in [1.82, 2.24) is 10.6 Å². The van der Waals surface area contributed by atoms with E-state index in [1.165, 1.54) is 24.3 Å². The van der Waals surface area contributed by atoms with Crippen molar-refractivity contribution in [3.63, 3.8) is 0 Å². The molecule has 0 aliphatic heterocycles. The van der Waals surface area contributed by atoms with Crippen LogP contribution in [-0.2, 0) is 27.2 Å². The molecule has 1 aliphatic rings. The second kappa shape index (κ2) is 12.5. The van der Waals surface area contributed by atoms with E-state index in [9.17, 15) is 29.7 Å². The van der Waals surface area contributed by atoms with Gasteiger partial charge < -0.3 is 30.7 Å². The molecule has 0 bridgehead atoms. The summed E-state index contributed by atoms with van der Waals surface area (Å²) in [5, 5.41) is 34.1. The van der Waals surface area contributed by atoms with Crippen LogP contribution in [0.25, 0.3) is 11.1 Å². The van der Waals surface area contributed by atoms with Crippen molar-refractivity contribution in [2.45, 2.75) is 30.8 Å². The van der Waals surface area contributed by atoms with E-state index in [2.05, 4.69) is 10.6 Å². The lowest BCUT2D eigenvalue weighted by atomic mass is 9.98. The van der Waals surface area contributed by atoms with E-state index in [0.29, 0.717) is 11.1 Å². The number of aromatic hydroxyl groups is 2. The first-order valence-corrected chi connectivity index (χ1v) is 13.5. The average molecular weight is 567 g/mol. The number of hydrogen-bond acceptors (Lipinski definition) is 6. The first kappa shape index (κ1) is 28.2. The Labute approximate surface area is 242 Å². The summed E-state index contributed by atoms with van der Waals surface area (Å²) >= 11 is 0. The zero-order chi connectivity index (χ0) is 29.6. The average Bonchev–Trinajstić information content (AvgIpc) is 3.31. The molecule has 9 nitrogen and oxygen atoms in total. The molecule has 2 amide bonds. The number of carboxylic acid groups (broad SMARTS) is 1. The quantitative estimate of drug-likeness (QED) is 0.192. The van der Waals surface area contributed by atoms with Crippen LogP contribution in [0.5, 0.6) is 11.5 Å². The number of fused-ring (bicyclic) bond motifs is 3. The van der Waals surface area contributed by atoms with Gasteiger partial charge in [-0.15, -0.1) is 0 Å². The van der Waals surface area contributed by atoms with Gasteiger partial charge in [-0.3, -0.25) is 4.79 Å². The van der Waals surface area contributed by atoms with Crippen LogP contribution in [0, 0.1) is 0 Å². The van der Waals surface area contributed by atoms with Crippen molar-refractivity contribution in [3.05, 3.63) is 119 Å². The molecule has 0 unspecified atom stereocenters. The molecule has 4 aromatic rings. The van der Waals surface area contributed by atoms with Crippen LogP contribution < -0.4 is 10.6 Å². The fourth-order valence-electron chi connectivity index (χ4n) is 5.20. The van der Waals surface area contributed by atoms with Crippen LogP contribution in [-0.4, -0.2) is 52.0 Å². The molecule has 0 fully saturated rings. The molecule has 0 saturated carbocycles. The van der Waals surface area contributed by atoms with Gasteiger partial charge in [0, 0.05) is 18.8 Å². The van der Waals surface area contributed by atoms with Gasteiger partial charge in [0.1, 0.15) is 30.2 Å². The summed E-state index contributed by atoms with van der Waals surface area (Å²) in [6.45, 7) is 0.0476. The van der Waals surface area contributed by atoms with E-state index in [1.807, 2.05) is 48.5 Å². The molecule has 2 atom stereocenters. The molecular weight excluding hydrogens is 536 g/mol. The number of ether oxygens (including phenoxy) is 1. The van der Waals surface area contributed by atoms with Crippen LogP contribution in [0.15, 0.2) is 97.1 Å². The number of hydrogen-bond donors (Lipinski definition) is 5. The Morgan fingerprint density at radius 2 is 1.14 bits per heavy atom. The predicted octanol–water partition coefficient (Wildman–Crippen LogP) is 4.36. The van der Waals surface area contributed by atoms with Gasteiger partial charge in [-0.2, -0.15) is 0 Å². The number of phenolic OH excluding ortho intramolecular Hbond substituents is 2. The molecule has 0 saturated heterocycles. The number of alkyl carbamates (subject to hydrolysis) is 1. The van der Waals surface area contributed by atoms with Crippen LogP contribution in [0.1, 0.15) is 28.2 Å². The van der Waals surface area contributed by atoms with E-state index in [-0.39, 0.29) is 36.9 Å². The Kier molecular flexibility index (Phi) is 8.38. The molecular formula is C33H30N2O7. The molecule has 0 aromatic heterocycles. The van der Waals surface area contributed by atoms with Crippen LogP contribution in [0.3, 0.4) is 0 Å². The molecule has 214 valence electrons. The maximum Gasteiger partial charge on any atom is 0.407 e. The van der Waals surface area contributed by atoms with Gasteiger partial charge in [0.2, 0.25) is 5.91 Å². The maximum absolute atomic E-state index is 13.4. The molecule has 4 aromatic carbocycles. The number of aliphatic carboxylic acids is 1. The molecule has 9 heteroatoms. The molecule has 5 rings (SSSR count). The summed E-state index contributed by atoms with van der Waals surface area (Å²) in [4.78, 5) is 38.4. The van der Waals surface area contributed by atoms with E-state index < -0.39 is 30.1 Å². The van der Waals surface area contributed by atoms with Crippen molar-refractivity contribution in [2.24, 2.45) is 0 Å². The number of carbonyl (C=O) groups is 3. The highest BCUT2D eigenvalue weighted by atomic mass is 16.5. The normalized spacial score (nSPS) is 13.3. The number of carboxylic acids is 1. The Morgan fingerprint density at radius 3 is 1.64 bits per heavy atom.